The molecule has 5 rings (SSSR count). The van der Waals surface area contributed by atoms with Crippen molar-refractivity contribution in [1.82, 2.24) is 30.6 Å². The van der Waals surface area contributed by atoms with Crippen molar-refractivity contribution < 1.29 is 105 Å². The number of esters is 1. The number of nitrogens with zero attached hydrogens (tertiary/aromatic N) is 4. The van der Waals surface area contributed by atoms with Gasteiger partial charge < -0.3 is 29.9 Å². The van der Waals surface area contributed by atoms with Crippen molar-refractivity contribution in [1.29, 1.82) is 0 Å². The van der Waals surface area contributed by atoms with Gasteiger partial charge in [-0.15, -0.1) is 22.1 Å². The molecule has 1 radical (unpaired) electrons. The number of nitrogens with one attached hydrogen (secondary N) is 2. The van der Waals surface area contributed by atoms with Crippen LogP contribution in [0.4, 0.5) is 0 Å². The molecule has 3 aromatic rings. The number of hydrogen-bond donors (Lipinski definition) is 2. The molecule has 2 unspecified atom stereocenters. The van der Waals surface area contributed by atoms with Gasteiger partial charge in [-0.1, -0.05) is 50.1 Å². The molecule has 2 aliphatic heterocycles. The van der Waals surface area contributed by atoms with Crippen molar-refractivity contribution in [3.8, 4) is 0 Å². The van der Waals surface area contributed by atoms with E-state index >= 15 is 0 Å². The van der Waals surface area contributed by atoms with Gasteiger partial charge in [0.2, 0.25) is 11.8 Å². The molecule has 5 heterocycles. The molecular weight excluding hydrogens is 795 g/mol. The zero-order valence-electron chi connectivity index (χ0n) is 32.6. The summed E-state index contributed by atoms with van der Waals surface area (Å²) >= 11 is 0. The van der Waals surface area contributed by atoms with E-state index in [1.165, 1.54) is 14.0 Å². The molecule has 4 atom stereocenters. The Morgan fingerprint density at radius 3 is 2.09 bits per heavy atom. The summed E-state index contributed by atoms with van der Waals surface area (Å²) in [6, 6.07) is 5.48. The molecule has 0 aromatic carbocycles. The summed E-state index contributed by atoms with van der Waals surface area (Å²) in [7, 11) is -1.83. The molecular formula is C38H45KMnN6O8S. The molecule has 0 saturated carbocycles. The van der Waals surface area contributed by atoms with E-state index in [1.807, 2.05) is 32.9 Å². The fourth-order valence-corrected chi connectivity index (χ4v) is 7.83. The van der Waals surface area contributed by atoms with E-state index in [-0.39, 0.29) is 122 Å². The number of ketones is 1. The third-order valence-corrected chi connectivity index (χ3v) is 11.2. The quantitative estimate of drug-likeness (QED) is 0.120. The predicted molar refractivity (Wildman–Crippen MR) is 197 cm³/mol. The maximum atomic E-state index is 14.0. The van der Waals surface area contributed by atoms with E-state index in [0.29, 0.717) is 62.3 Å². The molecule has 0 spiro atoms. The fourth-order valence-electron chi connectivity index (χ4n) is 7.47. The first kappa shape index (κ1) is 46.6. The number of methoxy groups -OCH3 is 1. The number of amides is 2. The smallest absolute Gasteiger partial charge is 0.748 e. The first-order valence-corrected chi connectivity index (χ1v) is 19.2. The SMILES string of the molecule is CC[C@H]1c2cc3[n-]c(c(CC(=O)OC)c4nc(cc5[n-]c(cc(n2)C1C)c(C(C)=O)c5C)C(C)[C@@H]4CCC(=O)NC)c(C(=O)NCCS(=O)(=O)[O-])c3C.[K+].[Mn+2]. The maximum Gasteiger partial charge on any atom is 2.00 e. The summed E-state index contributed by atoms with van der Waals surface area (Å²) < 4.78 is 39.3. The number of fused-ring (bicyclic) bond motifs is 8. The van der Waals surface area contributed by atoms with E-state index in [0.717, 1.165) is 12.1 Å². The van der Waals surface area contributed by atoms with Gasteiger partial charge in [-0.25, -0.2) is 8.42 Å². The fraction of sp³-hybridized carbons (Fsp3) is 0.474. The number of rotatable bonds is 11. The van der Waals surface area contributed by atoms with Gasteiger partial charge in [0, 0.05) is 77.6 Å². The van der Waals surface area contributed by atoms with Gasteiger partial charge in [-0.05, 0) is 39.2 Å². The van der Waals surface area contributed by atoms with Gasteiger partial charge in [0.15, 0.2) is 5.78 Å². The Morgan fingerprint density at radius 2 is 1.49 bits per heavy atom. The molecule has 14 nitrogen and oxygen atoms in total. The number of carbonyl (C=O) groups excluding carboxylic acids is 4. The van der Waals surface area contributed by atoms with Gasteiger partial charge in [0.25, 0.3) is 0 Å². The third-order valence-electron chi connectivity index (χ3n) is 10.5. The average molecular weight is 840 g/mol. The molecule has 55 heavy (non-hydrogen) atoms. The summed E-state index contributed by atoms with van der Waals surface area (Å²) in [6.07, 6.45) is 0.873. The van der Waals surface area contributed by atoms with Crippen molar-refractivity contribution >= 4 is 55.8 Å². The van der Waals surface area contributed by atoms with Crippen LogP contribution in [0.5, 0.6) is 0 Å². The number of aromatic nitrogens is 4. The average Bonchev–Trinajstić information content (AvgIpc) is 3.78. The minimum absolute atomic E-state index is 0. The topological polar surface area (TPSA) is 213 Å². The van der Waals surface area contributed by atoms with Crippen molar-refractivity contribution in [3.63, 3.8) is 0 Å². The van der Waals surface area contributed by atoms with E-state index in [2.05, 4.69) is 17.6 Å². The van der Waals surface area contributed by atoms with Crippen LogP contribution < -0.4 is 72.0 Å². The van der Waals surface area contributed by atoms with E-state index in [9.17, 15) is 32.1 Å². The van der Waals surface area contributed by atoms with Crippen LogP contribution in [0.1, 0.15) is 131 Å². The van der Waals surface area contributed by atoms with Gasteiger partial charge in [0.1, 0.15) is 0 Å². The standard InChI is InChI=1S/C38H48N6O8S.K.Mn/c1-9-23-18(2)26-17-31-34(22(6)45)20(4)28(42-31)15-27-19(3)24(10-11-32(46)39-7)36(43-27)25(14-33(47)52-8)37-35(38(48)40-12-13-53(49,50)51)21(5)29(44-37)16-30(23)41-26;;/h15-19,23-24H,9-14H2,1-8H3,(H5,39,40,41,42,43,44,45,46,48,49,50,51);;/q;+1;+2/p-3/t18?,19?,23-,24+;;/m1../s1. The number of hydrogen-bond acceptors (Lipinski definition) is 10. The number of Topliss-reactive ketones (excluding diaryl/α,β-unsaturated/α-hetero) is 1. The van der Waals surface area contributed by atoms with Gasteiger partial charge in [-0.2, -0.15) is 0 Å². The maximum absolute atomic E-state index is 14.0. The first-order chi connectivity index (χ1) is 25.0. The van der Waals surface area contributed by atoms with Crippen LogP contribution in [0.25, 0.3) is 22.1 Å². The van der Waals surface area contributed by atoms with Gasteiger partial charge in [-0.3, -0.25) is 29.1 Å². The molecule has 289 valence electrons. The summed E-state index contributed by atoms with van der Waals surface area (Å²) in [4.78, 5) is 72.7. The molecule has 2 amide bonds. The summed E-state index contributed by atoms with van der Waals surface area (Å²) in [6.45, 7) is 10.7. The van der Waals surface area contributed by atoms with Crippen LogP contribution in [-0.4, -0.2) is 73.0 Å². The Hall–Kier alpha value is -2.73. The van der Waals surface area contributed by atoms with Crippen molar-refractivity contribution in [2.45, 2.75) is 90.9 Å². The first-order valence-electron chi connectivity index (χ1n) is 17.7. The zero-order chi connectivity index (χ0) is 38.9. The molecule has 3 aromatic heterocycles. The molecule has 2 aliphatic rings. The zero-order valence-corrected chi connectivity index (χ0v) is 37.7. The number of carbonyl (C=O) groups is 4. The summed E-state index contributed by atoms with van der Waals surface area (Å²) in [5.41, 5.74) is 6.06. The van der Waals surface area contributed by atoms with Crippen LogP contribution in [0.2, 0.25) is 0 Å². The number of aryl methyl sites for hydroxylation is 2. The van der Waals surface area contributed by atoms with Crippen LogP contribution in [0.15, 0.2) is 18.2 Å². The van der Waals surface area contributed by atoms with Crippen LogP contribution in [0.3, 0.4) is 0 Å². The van der Waals surface area contributed by atoms with E-state index in [4.69, 9.17) is 24.7 Å². The molecule has 0 fully saturated rings. The van der Waals surface area contributed by atoms with Crippen molar-refractivity contribution in [3.05, 3.63) is 68.8 Å². The van der Waals surface area contributed by atoms with E-state index in [1.54, 1.807) is 20.0 Å². The second-order valence-electron chi connectivity index (χ2n) is 13.8. The van der Waals surface area contributed by atoms with Gasteiger partial charge >= 0.3 is 74.4 Å². The van der Waals surface area contributed by atoms with Crippen LogP contribution in [0, 0.1) is 13.8 Å². The Morgan fingerprint density at radius 1 is 0.909 bits per heavy atom. The predicted octanol–water partition coefficient (Wildman–Crippen LogP) is 1.10. The minimum Gasteiger partial charge on any atom is -0.748 e. The number of ether oxygens (including phenoxy) is 1. The van der Waals surface area contributed by atoms with Gasteiger partial charge in [0.05, 0.1) is 29.4 Å². The second-order valence-corrected chi connectivity index (χ2v) is 15.3. The molecule has 8 bridgehead atoms. The monoisotopic (exact) mass is 839 g/mol. The van der Waals surface area contributed by atoms with E-state index < -0.39 is 40.2 Å². The Bertz CT molecular complexity index is 2270. The molecule has 17 heteroatoms. The largest absolute Gasteiger partial charge is 2.00 e. The Kier molecular flexibility index (Phi) is 16.2. The molecule has 0 saturated heterocycles. The van der Waals surface area contributed by atoms with Crippen LogP contribution >= 0.6 is 0 Å². The molecule has 0 aliphatic carbocycles. The second kappa shape index (κ2) is 19.1. The Labute approximate surface area is 374 Å². The Balaban J connectivity index is 0.00000406. The summed E-state index contributed by atoms with van der Waals surface area (Å²) in [5.74, 6) is -3.26. The normalized spacial score (nSPS) is 17.8. The van der Waals surface area contributed by atoms with Crippen molar-refractivity contribution in [2.24, 2.45) is 0 Å². The molecule has 2 N–H and O–H groups in total. The minimum atomic E-state index is -4.62. The third kappa shape index (κ3) is 10.1. The summed E-state index contributed by atoms with van der Waals surface area (Å²) in [5, 5.41) is 5.19. The van der Waals surface area contributed by atoms with Crippen LogP contribution in [-0.2, 0) is 47.9 Å². The van der Waals surface area contributed by atoms with Crippen molar-refractivity contribution in [2.75, 3.05) is 26.5 Å².